The van der Waals surface area contributed by atoms with Crippen LogP contribution in [0.15, 0.2) is 53.4 Å². The van der Waals surface area contributed by atoms with E-state index in [0.717, 1.165) is 12.0 Å². The lowest BCUT2D eigenvalue weighted by molar-refractivity contribution is -0.116. The molecule has 0 aliphatic heterocycles. The first-order valence-electron chi connectivity index (χ1n) is 8.56. The number of rotatable bonds is 9. The van der Waals surface area contributed by atoms with Gasteiger partial charge in [-0.05, 0) is 55.3 Å². The maximum atomic E-state index is 12.2. The van der Waals surface area contributed by atoms with Crippen LogP contribution in [0, 0.1) is 0 Å². The van der Waals surface area contributed by atoms with E-state index in [2.05, 4.69) is 10.0 Å². The quantitative estimate of drug-likeness (QED) is 0.705. The van der Waals surface area contributed by atoms with Crippen LogP contribution in [0.2, 0.25) is 0 Å². The summed E-state index contributed by atoms with van der Waals surface area (Å²) in [6, 6.07) is 13.7. The van der Waals surface area contributed by atoms with Crippen molar-refractivity contribution in [2.75, 3.05) is 18.5 Å². The molecular weight excluding hydrogens is 352 g/mol. The minimum atomic E-state index is -3.66. The number of amides is 1. The lowest BCUT2D eigenvalue weighted by atomic mass is 10.1. The first-order valence-corrected chi connectivity index (χ1v) is 10.0. The van der Waals surface area contributed by atoms with Crippen molar-refractivity contribution in [3.8, 4) is 5.75 Å². The Balaban J connectivity index is 1.86. The molecule has 140 valence electrons. The zero-order valence-corrected chi connectivity index (χ0v) is 15.8. The molecule has 0 radical (unpaired) electrons. The van der Waals surface area contributed by atoms with E-state index in [0.29, 0.717) is 18.0 Å². The van der Waals surface area contributed by atoms with Gasteiger partial charge in [0, 0.05) is 18.7 Å². The van der Waals surface area contributed by atoms with Gasteiger partial charge in [0.15, 0.2) is 0 Å². The summed E-state index contributed by atoms with van der Waals surface area (Å²) in [4.78, 5) is 12.1. The summed E-state index contributed by atoms with van der Waals surface area (Å²) in [6.07, 6.45) is 0.929. The van der Waals surface area contributed by atoms with Crippen LogP contribution >= 0.6 is 0 Å². The average molecular weight is 376 g/mol. The Morgan fingerprint density at radius 2 is 1.81 bits per heavy atom. The molecule has 2 aromatic carbocycles. The van der Waals surface area contributed by atoms with Crippen LogP contribution in [-0.2, 0) is 21.2 Å². The van der Waals surface area contributed by atoms with Crippen molar-refractivity contribution < 1.29 is 17.9 Å². The largest absolute Gasteiger partial charge is 0.494 e. The number of ether oxygens (including phenoxy) is 1. The second kappa shape index (κ2) is 9.35. The normalized spacial score (nSPS) is 11.2. The molecule has 0 saturated heterocycles. The molecule has 2 N–H and O–H groups in total. The van der Waals surface area contributed by atoms with Gasteiger partial charge in [0.25, 0.3) is 0 Å². The summed E-state index contributed by atoms with van der Waals surface area (Å²) in [6.45, 7) is 4.43. The number of hydrogen-bond donors (Lipinski definition) is 2. The number of nitrogens with one attached hydrogen (secondary N) is 2. The van der Waals surface area contributed by atoms with Crippen LogP contribution in [0.25, 0.3) is 0 Å². The molecule has 0 aromatic heterocycles. The predicted octanol–water partition coefficient (Wildman–Crippen LogP) is 2.95. The maximum Gasteiger partial charge on any atom is 0.240 e. The van der Waals surface area contributed by atoms with E-state index in [9.17, 15) is 13.2 Å². The van der Waals surface area contributed by atoms with Gasteiger partial charge in [-0.15, -0.1) is 0 Å². The van der Waals surface area contributed by atoms with Crippen LogP contribution in [-0.4, -0.2) is 27.5 Å². The van der Waals surface area contributed by atoms with Gasteiger partial charge in [-0.25, -0.2) is 13.1 Å². The lowest BCUT2D eigenvalue weighted by Gasteiger charge is -2.09. The van der Waals surface area contributed by atoms with E-state index in [1.54, 1.807) is 18.2 Å². The molecule has 0 saturated carbocycles. The van der Waals surface area contributed by atoms with Crippen LogP contribution in [0.4, 0.5) is 5.69 Å². The first kappa shape index (κ1) is 19.9. The number of anilines is 1. The highest BCUT2D eigenvalue weighted by molar-refractivity contribution is 7.89. The fourth-order valence-corrected chi connectivity index (χ4v) is 3.39. The highest BCUT2D eigenvalue weighted by Gasteiger charge is 2.14. The van der Waals surface area contributed by atoms with Gasteiger partial charge in [-0.1, -0.05) is 19.1 Å². The molecule has 6 nitrogen and oxygen atoms in total. The Morgan fingerprint density at radius 1 is 1.08 bits per heavy atom. The fourth-order valence-electron chi connectivity index (χ4n) is 2.36. The van der Waals surface area contributed by atoms with Crippen molar-refractivity contribution in [1.82, 2.24) is 4.72 Å². The van der Waals surface area contributed by atoms with Crippen LogP contribution in [0.5, 0.6) is 5.75 Å². The molecule has 26 heavy (non-hydrogen) atoms. The van der Waals surface area contributed by atoms with Gasteiger partial charge in [-0.3, -0.25) is 4.79 Å². The number of sulfonamides is 1. The van der Waals surface area contributed by atoms with Gasteiger partial charge >= 0.3 is 0 Å². The molecule has 1 amide bonds. The third kappa shape index (κ3) is 5.86. The smallest absolute Gasteiger partial charge is 0.240 e. The van der Waals surface area contributed by atoms with E-state index in [-0.39, 0.29) is 23.8 Å². The standard InChI is InChI=1S/C19H24N2O4S/c1-3-15-6-5-7-16(14-15)21-19(22)12-13-20-26(23,24)18-10-8-17(9-11-18)25-4-2/h5-11,14,20H,3-4,12-13H2,1-2H3,(H,21,22). The summed E-state index contributed by atoms with van der Waals surface area (Å²) in [7, 11) is -3.66. The van der Waals surface area contributed by atoms with Crippen LogP contribution < -0.4 is 14.8 Å². The Labute approximate surface area is 154 Å². The lowest BCUT2D eigenvalue weighted by Crippen LogP contribution is -2.27. The van der Waals surface area contributed by atoms with E-state index in [1.807, 2.05) is 32.0 Å². The van der Waals surface area contributed by atoms with Crippen LogP contribution in [0.3, 0.4) is 0 Å². The summed E-state index contributed by atoms with van der Waals surface area (Å²) in [5, 5.41) is 2.77. The second-order valence-corrected chi connectivity index (χ2v) is 7.42. The predicted molar refractivity (Wildman–Crippen MR) is 102 cm³/mol. The number of carbonyl (C=O) groups excluding carboxylic acids is 1. The average Bonchev–Trinajstić information content (AvgIpc) is 2.62. The molecule has 0 bridgehead atoms. The molecular formula is C19H24N2O4S. The molecule has 7 heteroatoms. The van der Waals surface area contributed by atoms with E-state index >= 15 is 0 Å². The first-order chi connectivity index (χ1) is 12.4. The zero-order chi connectivity index (χ0) is 19.0. The minimum Gasteiger partial charge on any atom is -0.494 e. The minimum absolute atomic E-state index is 0.0227. The second-order valence-electron chi connectivity index (χ2n) is 5.65. The van der Waals surface area contributed by atoms with Gasteiger partial charge in [-0.2, -0.15) is 0 Å². The van der Waals surface area contributed by atoms with Crippen molar-refractivity contribution in [1.29, 1.82) is 0 Å². The zero-order valence-electron chi connectivity index (χ0n) is 15.0. The molecule has 0 atom stereocenters. The van der Waals surface area contributed by atoms with E-state index < -0.39 is 10.0 Å². The summed E-state index contributed by atoms with van der Waals surface area (Å²) < 4.78 is 32.2. The van der Waals surface area contributed by atoms with E-state index in [1.165, 1.54) is 12.1 Å². The van der Waals surface area contributed by atoms with E-state index in [4.69, 9.17) is 4.74 Å². The molecule has 0 unspecified atom stereocenters. The number of carbonyl (C=O) groups is 1. The highest BCUT2D eigenvalue weighted by Crippen LogP contribution is 2.16. The third-order valence-electron chi connectivity index (χ3n) is 3.71. The van der Waals surface area contributed by atoms with Gasteiger partial charge in [0.2, 0.25) is 15.9 Å². The maximum absolute atomic E-state index is 12.2. The van der Waals surface area contributed by atoms with Gasteiger partial charge in [0.05, 0.1) is 11.5 Å². The molecule has 0 fully saturated rings. The molecule has 2 aromatic rings. The number of benzene rings is 2. The Morgan fingerprint density at radius 3 is 2.46 bits per heavy atom. The van der Waals surface area contributed by atoms with Crippen molar-refractivity contribution in [3.05, 3.63) is 54.1 Å². The molecule has 0 heterocycles. The van der Waals surface area contributed by atoms with Crippen molar-refractivity contribution in [2.45, 2.75) is 31.6 Å². The number of aryl methyl sites for hydroxylation is 1. The topological polar surface area (TPSA) is 84.5 Å². The van der Waals surface area contributed by atoms with Crippen LogP contribution in [0.1, 0.15) is 25.8 Å². The summed E-state index contributed by atoms with van der Waals surface area (Å²) in [5.74, 6) is 0.368. The summed E-state index contributed by atoms with van der Waals surface area (Å²) in [5.41, 5.74) is 1.84. The molecule has 0 spiro atoms. The molecule has 0 aliphatic carbocycles. The fraction of sp³-hybridized carbons (Fsp3) is 0.316. The highest BCUT2D eigenvalue weighted by atomic mass is 32.2. The van der Waals surface area contributed by atoms with Crippen molar-refractivity contribution in [2.24, 2.45) is 0 Å². The Hall–Kier alpha value is -2.38. The summed E-state index contributed by atoms with van der Waals surface area (Å²) >= 11 is 0. The monoisotopic (exact) mass is 376 g/mol. The van der Waals surface area contributed by atoms with Crippen molar-refractivity contribution in [3.63, 3.8) is 0 Å². The molecule has 2 rings (SSSR count). The molecule has 0 aliphatic rings. The van der Waals surface area contributed by atoms with Crippen molar-refractivity contribution >= 4 is 21.6 Å². The SMILES string of the molecule is CCOc1ccc(S(=O)(=O)NCCC(=O)Nc2cccc(CC)c2)cc1. The van der Waals surface area contributed by atoms with Gasteiger partial charge < -0.3 is 10.1 Å². The Bertz CT molecular complexity index is 833. The Kier molecular flexibility index (Phi) is 7.17. The number of hydrogen-bond acceptors (Lipinski definition) is 4. The van der Waals surface area contributed by atoms with Gasteiger partial charge in [0.1, 0.15) is 5.75 Å². The third-order valence-corrected chi connectivity index (χ3v) is 5.19.